The fourth-order valence-corrected chi connectivity index (χ4v) is 2.08. The van der Waals surface area contributed by atoms with Gasteiger partial charge in [-0.3, -0.25) is 14.6 Å². The van der Waals surface area contributed by atoms with Gasteiger partial charge in [-0.1, -0.05) is 0 Å². The Balaban J connectivity index is 1.94. The number of piperidine rings is 1. The molecule has 1 N–H and O–H groups in total. The molecule has 98 valence electrons. The van der Waals surface area contributed by atoms with Crippen LogP contribution in [0.25, 0.3) is 0 Å². The van der Waals surface area contributed by atoms with Crippen LogP contribution in [0.1, 0.15) is 19.8 Å². The lowest BCUT2D eigenvalue weighted by Crippen LogP contribution is -2.43. The largest absolute Gasteiger partial charge is 0.355 e. The van der Waals surface area contributed by atoms with E-state index >= 15 is 0 Å². The van der Waals surface area contributed by atoms with Crippen molar-refractivity contribution in [2.75, 3.05) is 24.6 Å². The summed E-state index contributed by atoms with van der Waals surface area (Å²) in [6, 6.07) is 0. The van der Waals surface area contributed by atoms with Gasteiger partial charge >= 0.3 is 0 Å². The second-order valence-electron chi connectivity index (χ2n) is 4.25. The monoisotopic (exact) mass is 250 g/mol. The molecule has 1 aromatic heterocycles. The number of rotatable bonds is 4. The lowest BCUT2D eigenvalue weighted by atomic mass is 9.97. The number of nitrogens with one attached hydrogen (secondary N) is 1. The molecule has 1 aliphatic rings. The molecule has 0 aliphatic carbocycles. The maximum absolute atomic E-state index is 11.8. The molecular weight excluding hydrogens is 232 g/mol. The molecule has 1 aliphatic heterocycles. The highest BCUT2D eigenvalue weighted by atomic mass is 16.6. The van der Waals surface area contributed by atoms with Gasteiger partial charge in [0.25, 0.3) is 0 Å². The van der Waals surface area contributed by atoms with Crippen molar-refractivity contribution in [1.29, 1.82) is 0 Å². The third-order valence-corrected chi connectivity index (χ3v) is 2.98. The van der Waals surface area contributed by atoms with Crippen molar-refractivity contribution in [2.24, 2.45) is 5.92 Å². The van der Waals surface area contributed by atoms with E-state index in [0.29, 0.717) is 13.2 Å². The Morgan fingerprint density at radius 1 is 1.61 bits per heavy atom. The zero-order valence-electron chi connectivity index (χ0n) is 10.5. The number of hydrogen-bond donors (Lipinski definition) is 1. The predicted molar refractivity (Wildman–Crippen MR) is 66.7 cm³/mol. The molecule has 0 spiro atoms. The van der Waals surface area contributed by atoms with Gasteiger partial charge in [0.15, 0.2) is 0 Å². The molecule has 2 rings (SSSR count). The van der Waals surface area contributed by atoms with E-state index in [2.05, 4.69) is 20.3 Å². The summed E-state index contributed by atoms with van der Waals surface area (Å²) >= 11 is 0. The summed E-state index contributed by atoms with van der Waals surface area (Å²) in [4.78, 5) is 27.2. The fraction of sp³-hybridized carbons (Fsp3) is 0.583. The smallest absolute Gasteiger partial charge is 0.248 e. The number of hydrogen-bond acceptors (Lipinski definition) is 5. The molecule has 1 saturated heterocycles. The van der Waals surface area contributed by atoms with Crippen LogP contribution in [0.15, 0.2) is 18.6 Å². The number of aromatic nitrogens is 2. The van der Waals surface area contributed by atoms with Crippen LogP contribution in [-0.2, 0) is 9.63 Å². The van der Waals surface area contributed by atoms with Crippen molar-refractivity contribution in [1.82, 2.24) is 15.4 Å². The minimum Gasteiger partial charge on any atom is -0.355 e. The van der Waals surface area contributed by atoms with Gasteiger partial charge in [0.2, 0.25) is 5.91 Å². The molecule has 1 fully saturated rings. The van der Waals surface area contributed by atoms with Crippen LogP contribution in [-0.4, -0.2) is 35.6 Å². The summed E-state index contributed by atoms with van der Waals surface area (Å²) in [6.07, 6.45) is 6.89. The van der Waals surface area contributed by atoms with Crippen LogP contribution in [0, 0.1) is 5.92 Å². The van der Waals surface area contributed by atoms with E-state index in [9.17, 15) is 4.79 Å². The number of nitrogens with zero attached hydrogens (tertiary/aromatic N) is 3. The van der Waals surface area contributed by atoms with Crippen LogP contribution in [0.5, 0.6) is 0 Å². The average Bonchev–Trinajstić information content (AvgIpc) is 2.46. The first-order valence-electron chi connectivity index (χ1n) is 6.24. The lowest BCUT2D eigenvalue weighted by molar-refractivity contribution is -0.137. The average molecular weight is 250 g/mol. The van der Waals surface area contributed by atoms with Gasteiger partial charge in [0.05, 0.1) is 18.7 Å². The molecule has 6 heteroatoms. The minimum absolute atomic E-state index is 0.0488. The summed E-state index contributed by atoms with van der Waals surface area (Å²) in [5, 5.41) is 0. The number of anilines is 1. The van der Waals surface area contributed by atoms with Crippen LogP contribution in [0.4, 0.5) is 5.82 Å². The van der Waals surface area contributed by atoms with Gasteiger partial charge in [-0.25, -0.2) is 10.5 Å². The van der Waals surface area contributed by atoms with Crippen LogP contribution in [0.3, 0.4) is 0 Å². The van der Waals surface area contributed by atoms with Crippen molar-refractivity contribution in [3.63, 3.8) is 0 Å². The Hall–Kier alpha value is -1.69. The molecule has 0 aromatic carbocycles. The normalized spacial score (nSPS) is 19.6. The van der Waals surface area contributed by atoms with Crippen molar-refractivity contribution < 1.29 is 9.63 Å². The van der Waals surface area contributed by atoms with E-state index in [1.54, 1.807) is 18.6 Å². The maximum atomic E-state index is 11.8. The van der Waals surface area contributed by atoms with Crippen molar-refractivity contribution >= 4 is 11.7 Å². The van der Waals surface area contributed by atoms with Crippen molar-refractivity contribution in [2.45, 2.75) is 19.8 Å². The van der Waals surface area contributed by atoms with Gasteiger partial charge in [0, 0.05) is 25.5 Å². The highest BCUT2D eigenvalue weighted by Gasteiger charge is 2.26. The fourth-order valence-electron chi connectivity index (χ4n) is 2.08. The van der Waals surface area contributed by atoms with E-state index in [-0.39, 0.29) is 11.8 Å². The lowest BCUT2D eigenvalue weighted by Gasteiger charge is -2.32. The molecule has 0 saturated carbocycles. The summed E-state index contributed by atoms with van der Waals surface area (Å²) in [5.41, 5.74) is 2.47. The van der Waals surface area contributed by atoms with Crippen molar-refractivity contribution in [3.05, 3.63) is 18.6 Å². The Labute approximate surface area is 106 Å². The van der Waals surface area contributed by atoms with Gasteiger partial charge in [-0.15, -0.1) is 0 Å². The topological polar surface area (TPSA) is 67.3 Å². The zero-order chi connectivity index (χ0) is 12.8. The molecule has 1 atom stereocenters. The maximum Gasteiger partial charge on any atom is 0.248 e. The molecule has 18 heavy (non-hydrogen) atoms. The van der Waals surface area contributed by atoms with Gasteiger partial charge in [-0.05, 0) is 19.8 Å². The van der Waals surface area contributed by atoms with Gasteiger partial charge < -0.3 is 4.90 Å². The van der Waals surface area contributed by atoms with E-state index in [1.165, 1.54) is 0 Å². The number of carbonyl (C=O) groups excluding carboxylic acids is 1. The summed E-state index contributed by atoms with van der Waals surface area (Å²) in [5.74, 6) is 0.726. The first kappa shape index (κ1) is 12.8. The number of amides is 1. The van der Waals surface area contributed by atoms with E-state index in [1.807, 2.05) is 6.92 Å². The highest BCUT2D eigenvalue weighted by Crippen LogP contribution is 2.20. The highest BCUT2D eigenvalue weighted by molar-refractivity contribution is 5.78. The summed E-state index contributed by atoms with van der Waals surface area (Å²) in [7, 11) is 0. The Morgan fingerprint density at radius 2 is 2.50 bits per heavy atom. The Kier molecular flexibility index (Phi) is 4.46. The molecule has 0 unspecified atom stereocenters. The first-order chi connectivity index (χ1) is 8.81. The van der Waals surface area contributed by atoms with Crippen LogP contribution < -0.4 is 10.4 Å². The molecule has 0 bridgehead atoms. The molecule has 2 heterocycles. The Morgan fingerprint density at radius 3 is 3.22 bits per heavy atom. The minimum atomic E-state index is -0.0505. The Bertz CT molecular complexity index is 385. The van der Waals surface area contributed by atoms with E-state index in [4.69, 9.17) is 4.84 Å². The third-order valence-electron chi connectivity index (χ3n) is 2.98. The molecule has 6 nitrogen and oxygen atoms in total. The second kappa shape index (κ2) is 6.30. The van der Waals surface area contributed by atoms with Gasteiger partial charge in [0.1, 0.15) is 5.82 Å². The molecule has 0 radical (unpaired) electrons. The first-order valence-corrected chi connectivity index (χ1v) is 6.24. The van der Waals surface area contributed by atoms with Crippen molar-refractivity contribution in [3.8, 4) is 0 Å². The third kappa shape index (κ3) is 3.16. The second-order valence-corrected chi connectivity index (χ2v) is 4.25. The molecular formula is C12H18N4O2. The quantitative estimate of drug-likeness (QED) is 0.799. The van der Waals surface area contributed by atoms with Crippen LogP contribution >= 0.6 is 0 Å². The number of carbonyl (C=O) groups is 1. The predicted octanol–water partition coefficient (Wildman–Crippen LogP) is 0.761. The number of hydroxylamine groups is 1. The van der Waals surface area contributed by atoms with Gasteiger partial charge in [-0.2, -0.15) is 0 Å². The summed E-state index contributed by atoms with van der Waals surface area (Å²) in [6.45, 7) is 3.90. The van der Waals surface area contributed by atoms with E-state index < -0.39 is 0 Å². The van der Waals surface area contributed by atoms with E-state index in [0.717, 1.165) is 25.2 Å². The summed E-state index contributed by atoms with van der Waals surface area (Å²) < 4.78 is 0. The molecule has 1 amide bonds. The molecule has 1 aromatic rings. The standard InChI is InChI=1S/C12H18N4O2/c1-2-18-15-12(17)10-4-3-7-16(9-10)11-8-13-5-6-14-11/h5-6,8,10H,2-4,7,9H2,1H3,(H,15,17)/t10-/m1/s1. The SMILES string of the molecule is CCONC(=O)[C@@H]1CCCN(c2cnccn2)C1. The van der Waals surface area contributed by atoms with Crippen LogP contribution in [0.2, 0.25) is 0 Å². The zero-order valence-corrected chi connectivity index (χ0v) is 10.5.